The number of fused-ring (bicyclic) bond motifs is 1. The average Bonchev–Trinajstić information content (AvgIpc) is 2.90. The highest BCUT2D eigenvalue weighted by atomic mass is 16.5. The van der Waals surface area contributed by atoms with E-state index in [1.807, 2.05) is 0 Å². The Bertz CT molecular complexity index is 320. The molecular formula is C15H26N2O2. The molecule has 0 aromatic carbocycles. The Balaban J connectivity index is 1.63. The van der Waals surface area contributed by atoms with Crippen LogP contribution in [0, 0.1) is 5.92 Å². The van der Waals surface area contributed by atoms with E-state index in [2.05, 4.69) is 17.1 Å². The molecule has 0 aromatic heterocycles. The summed E-state index contributed by atoms with van der Waals surface area (Å²) in [6, 6.07) is 0.953. The number of nitrogens with one attached hydrogen (secondary N) is 1. The number of carbonyl (C=O) groups excluding carboxylic acids is 1. The number of carbonyl (C=O) groups is 1. The minimum atomic E-state index is 0.0697. The van der Waals surface area contributed by atoms with Gasteiger partial charge in [-0.3, -0.25) is 4.79 Å². The van der Waals surface area contributed by atoms with Crippen LogP contribution in [0.5, 0.6) is 0 Å². The third kappa shape index (κ3) is 2.65. The maximum atomic E-state index is 12.7. The van der Waals surface area contributed by atoms with Gasteiger partial charge in [0.15, 0.2) is 0 Å². The summed E-state index contributed by atoms with van der Waals surface area (Å²) in [5.41, 5.74) is 0. The van der Waals surface area contributed by atoms with E-state index < -0.39 is 0 Å². The Kier molecular flexibility index (Phi) is 4.08. The predicted molar refractivity (Wildman–Crippen MR) is 73.9 cm³/mol. The molecule has 1 aliphatic carbocycles. The fourth-order valence-electron chi connectivity index (χ4n) is 3.99. The van der Waals surface area contributed by atoms with Crippen LogP contribution in [0.3, 0.4) is 0 Å². The number of ether oxygens (including phenoxy) is 1. The second kappa shape index (κ2) is 5.80. The van der Waals surface area contributed by atoms with Crippen LogP contribution in [0.2, 0.25) is 0 Å². The highest BCUT2D eigenvalue weighted by molar-refractivity contribution is 5.82. The van der Waals surface area contributed by atoms with Gasteiger partial charge < -0.3 is 15.0 Å². The van der Waals surface area contributed by atoms with Crippen molar-refractivity contribution in [2.24, 2.45) is 5.92 Å². The van der Waals surface area contributed by atoms with Gasteiger partial charge in [0.25, 0.3) is 0 Å². The van der Waals surface area contributed by atoms with E-state index >= 15 is 0 Å². The standard InChI is InChI=1S/C15H26N2O2/c1-2-12-10-19-8-7-17(12)15(18)14-9-11-5-3-4-6-13(11)16-14/h11-14,16H,2-10H2,1H3. The molecule has 0 aromatic rings. The maximum Gasteiger partial charge on any atom is 0.240 e. The molecule has 4 unspecified atom stereocenters. The van der Waals surface area contributed by atoms with Gasteiger partial charge in [0.05, 0.1) is 25.3 Å². The second-order valence-electron chi connectivity index (χ2n) is 6.27. The topological polar surface area (TPSA) is 41.6 Å². The monoisotopic (exact) mass is 266 g/mol. The Morgan fingerprint density at radius 1 is 1.37 bits per heavy atom. The van der Waals surface area contributed by atoms with Crippen LogP contribution in [0.25, 0.3) is 0 Å². The van der Waals surface area contributed by atoms with Crippen LogP contribution < -0.4 is 5.32 Å². The number of rotatable bonds is 2. The summed E-state index contributed by atoms with van der Waals surface area (Å²) in [6.45, 7) is 4.32. The van der Waals surface area contributed by atoms with E-state index in [0.717, 1.165) is 25.3 Å². The number of morpholine rings is 1. The van der Waals surface area contributed by atoms with Gasteiger partial charge in [0.1, 0.15) is 0 Å². The smallest absolute Gasteiger partial charge is 0.240 e. The number of amides is 1. The average molecular weight is 266 g/mol. The zero-order valence-electron chi connectivity index (χ0n) is 11.9. The van der Waals surface area contributed by atoms with Crippen molar-refractivity contribution in [2.75, 3.05) is 19.8 Å². The van der Waals surface area contributed by atoms with Crippen molar-refractivity contribution in [3.8, 4) is 0 Å². The van der Waals surface area contributed by atoms with Crippen molar-refractivity contribution < 1.29 is 9.53 Å². The molecule has 2 saturated heterocycles. The summed E-state index contributed by atoms with van der Waals surface area (Å²) in [5, 5.41) is 3.60. The summed E-state index contributed by atoms with van der Waals surface area (Å²) in [7, 11) is 0. The van der Waals surface area contributed by atoms with Crippen LogP contribution in [-0.2, 0) is 9.53 Å². The molecule has 3 fully saturated rings. The lowest BCUT2D eigenvalue weighted by atomic mass is 9.85. The lowest BCUT2D eigenvalue weighted by Gasteiger charge is -2.36. The summed E-state index contributed by atoms with van der Waals surface area (Å²) < 4.78 is 5.50. The number of nitrogens with zero attached hydrogens (tertiary/aromatic N) is 1. The first-order valence-electron chi connectivity index (χ1n) is 7.94. The number of hydrogen-bond acceptors (Lipinski definition) is 3. The first kappa shape index (κ1) is 13.4. The molecule has 4 heteroatoms. The third-order valence-corrected chi connectivity index (χ3v) is 5.14. The number of hydrogen-bond donors (Lipinski definition) is 1. The summed E-state index contributed by atoms with van der Waals surface area (Å²) in [4.78, 5) is 14.8. The Morgan fingerprint density at radius 3 is 3.00 bits per heavy atom. The van der Waals surface area contributed by atoms with E-state index in [1.54, 1.807) is 0 Å². The quantitative estimate of drug-likeness (QED) is 0.824. The van der Waals surface area contributed by atoms with Crippen LogP contribution in [-0.4, -0.2) is 48.7 Å². The molecule has 0 spiro atoms. The van der Waals surface area contributed by atoms with Crippen LogP contribution in [0.15, 0.2) is 0 Å². The highest BCUT2D eigenvalue weighted by Crippen LogP contribution is 2.34. The molecule has 4 nitrogen and oxygen atoms in total. The Morgan fingerprint density at radius 2 is 2.21 bits per heavy atom. The first-order valence-corrected chi connectivity index (χ1v) is 7.94. The van der Waals surface area contributed by atoms with E-state index in [9.17, 15) is 4.79 Å². The van der Waals surface area contributed by atoms with E-state index in [-0.39, 0.29) is 12.1 Å². The first-order chi connectivity index (χ1) is 9.29. The molecule has 1 N–H and O–H groups in total. The molecule has 0 bridgehead atoms. The minimum absolute atomic E-state index is 0.0697. The van der Waals surface area contributed by atoms with Crippen molar-refractivity contribution in [3.05, 3.63) is 0 Å². The van der Waals surface area contributed by atoms with Crippen LogP contribution in [0.4, 0.5) is 0 Å². The fourth-order valence-corrected chi connectivity index (χ4v) is 3.99. The molecule has 1 amide bonds. The molecule has 19 heavy (non-hydrogen) atoms. The van der Waals surface area contributed by atoms with Gasteiger partial charge in [-0.25, -0.2) is 0 Å². The van der Waals surface area contributed by atoms with Gasteiger partial charge in [0, 0.05) is 12.6 Å². The molecule has 2 heterocycles. The molecule has 108 valence electrons. The second-order valence-corrected chi connectivity index (χ2v) is 6.27. The van der Waals surface area contributed by atoms with Crippen LogP contribution in [0.1, 0.15) is 45.4 Å². The van der Waals surface area contributed by atoms with E-state index in [4.69, 9.17) is 4.74 Å². The van der Waals surface area contributed by atoms with E-state index in [0.29, 0.717) is 25.2 Å². The van der Waals surface area contributed by atoms with E-state index in [1.165, 1.54) is 25.7 Å². The molecular weight excluding hydrogens is 240 g/mol. The van der Waals surface area contributed by atoms with Crippen molar-refractivity contribution >= 4 is 5.91 Å². The molecule has 4 atom stereocenters. The van der Waals surface area contributed by atoms with Gasteiger partial charge in [-0.05, 0) is 31.6 Å². The van der Waals surface area contributed by atoms with Gasteiger partial charge in [-0.1, -0.05) is 19.8 Å². The lowest BCUT2D eigenvalue weighted by Crippen LogP contribution is -2.54. The van der Waals surface area contributed by atoms with Gasteiger partial charge in [-0.15, -0.1) is 0 Å². The molecule has 2 aliphatic heterocycles. The molecule has 3 rings (SSSR count). The SMILES string of the molecule is CCC1COCCN1C(=O)C1CC2CCCCC2N1. The molecule has 3 aliphatic rings. The Labute approximate surface area is 115 Å². The zero-order valence-corrected chi connectivity index (χ0v) is 11.9. The largest absolute Gasteiger partial charge is 0.377 e. The van der Waals surface area contributed by atoms with Gasteiger partial charge in [0.2, 0.25) is 5.91 Å². The summed E-state index contributed by atoms with van der Waals surface area (Å²) in [6.07, 6.45) is 7.28. The summed E-state index contributed by atoms with van der Waals surface area (Å²) in [5.74, 6) is 1.06. The third-order valence-electron chi connectivity index (χ3n) is 5.14. The van der Waals surface area contributed by atoms with Gasteiger partial charge >= 0.3 is 0 Å². The minimum Gasteiger partial charge on any atom is -0.377 e. The normalized spacial score (nSPS) is 39.1. The van der Waals surface area contributed by atoms with Crippen molar-refractivity contribution in [1.82, 2.24) is 10.2 Å². The summed E-state index contributed by atoms with van der Waals surface area (Å²) >= 11 is 0. The van der Waals surface area contributed by atoms with Crippen molar-refractivity contribution in [3.63, 3.8) is 0 Å². The zero-order chi connectivity index (χ0) is 13.2. The van der Waals surface area contributed by atoms with Crippen molar-refractivity contribution in [1.29, 1.82) is 0 Å². The maximum absolute atomic E-state index is 12.7. The molecule has 1 saturated carbocycles. The highest BCUT2D eigenvalue weighted by Gasteiger charge is 2.41. The lowest BCUT2D eigenvalue weighted by molar-refractivity contribution is -0.142. The van der Waals surface area contributed by atoms with Gasteiger partial charge in [-0.2, -0.15) is 0 Å². The molecule has 0 radical (unpaired) electrons. The predicted octanol–water partition coefficient (Wildman–Crippen LogP) is 1.54. The van der Waals surface area contributed by atoms with Crippen LogP contribution >= 0.6 is 0 Å². The van der Waals surface area contributed by atoms with Crippen molar-refractivity contribution in [2.45, 2.75) is 63.6 Å². The fraction of sp³-hybridized carbons (Fsp3) is 0.933. The Hall–Kier alpha value is -0.610.